The molecule has 278 valence electrons. The van der Waals surface area contributed by atoms with Gasteiger partial charge >= 0.3 is 0 Å². The molecule has 0 aliphatic rings. The fraction of sp³-hybridized carbons (Fsp3) is 0. The summed E-state index contributed by atoms with van der Waals surface area (Å²) in [4.78, 5) is 28.7. The van der Waals surface area contributed by atoms with E-state index in [1.54, 1.807) is 0 Å². The maximum Gasteiger partial charge on any atom is 0.194 e. The van der Waals surface area contributed by atoms with Crippen LogP contribution < -0.4 is 0 Å². The first kappa shape index (κ1) is 34.8. The summed E-state index contributed by atoms with van der Waals surface area (Å²) in [7, 11) is 0. The lowest BCUT2D eigenvalue weighted by atomic mass is 9.90. The van der Waals surface area contributed by atoms with Crippen molar-refractivity contribution >= 4 is 49.0 Å². The van der Waals surface area contributed by atoms with Gasteiger partial charge < -0.3 is 0 Å². The first-order chi connectivity index (χ1) is 29.7. The van der Waals surface area contributed by atoms with Crippen LogP contribution in [-0.2, 0) is 0 Å². The van der Waals surface area contributed by atoms with Crippen molar-refractivity contribution in [2.24, 2.45) is 0 Å². The minimum Gasteiger partial charge on any atom is -0.256 e. The number of hydrogen-bond acceptors (Lipinski definition) is 5. The van der Waals surface area contributed by atoms with E-state index < -0.39 is 0 Å². The van der Waals surface area contributed by atoms with Crippen molar-refractivity contribution < 1.29 is 0 Å². The molecule has 3 aromatic heterocycles. The minimum atomic E-state index is 0.599. The van der Waals surface area contributed by atoms with E-state index in [-0.39, 0.29) is 0 Å². The lowest BCUT2D eigenvalue weighted by Gasteiger charge is -2.16. The van der Waals surface area contributed by atoms with Crippen LogP contribution in [0, 0.1) is 6.57 Å². The van der Waals surface area contributed by atoms with Gasteiger partial charge in [0.2, 0.25) is 0 Å². The molecule has 6 nitrogen and oxygen atoms in total. The number of fused-ring (bicyclic) bond motifs is 6. The van der Waals surface area contributed by atoms with Crippen LogP contribution in [0.5, 0.6) is 0 Å². The molecule has 0 atom stereocenters. The molecule has 0 fully saturated rings. The van der Waals surface area contributed by atoms with Gasteiger partial charge in [-0.3, -0.25) is 9.97 Å². The molecule has 60 heavy (non-hydrogen) atoms. The zero-order valence-electron chi connectivity index (χ0n) is 32.2. The molecule has 11 aromatic rings. The van der Waals surface area contributed by atoms with Gasteiger partial charge in [-0.1, -0.05) is 152 Å². The van der Waals surface area contributed by atoms with Crippen molar-refractivity contribution in [2.45, 2.75) is 0 Å². The molecule has 0 unspecified atom stereocenters. The molecule has 0 saturated heterocycles. The van der Waals surface area contributed by atoms with Crippen LogP contribution in [0.25, 0.3) is 116 Å². The quantitative estimate of drug-likeness (QED) is 0.125. The van der Waals surface area contributed by atoms with Crippen LogP contribution in [0.2, 0.25) is 0 Å². The molecule has 0 amide bonds. The van der Waals surface area contributed by atoms with E-state index in [0.717, 1.165) is 93.4 Å². The minimum absolute atomic E-state index is 0.599. The van der Waals surface area contributed by atoms with E-state index in [0.29, 0.717) is 23.2 Å². The van der Waals surface area contributed by atoms with Crippen LogP contribution in [-0.4, -0.2) is 24.9 Å². The molecular weight excluding hydrogens is 733 g/mol. The van der Waals surface area contributed by atoms with Crippen LogP contribution in [0.1, 0.15) is 0 Å². The normalized spacial score (nSPS) is 11.3. The van der Waals surface area contributed by atoms with Gasteiger partial charge in [-0.15, -0.1) is 0 Å². The van der Waals surface area contributed by atoms with Gasteiger partial charge in [0.05, 0.1) is 17.6 Å². The number of hydrogen-bond donors (Lipinski definition) is 0. The average molecular weight is 765 g/mol. The average Bonchev–Trinajstić information content (AvgIpc) is 3.33. The summed E-state index contributed by atoms with van der Waals surface area (Å²) in [6.07, 6.45) is 3.73. The summed E-state index contributed by atoms with van der Waals surface area (Å²) < 4.78 is 0. The molecule has 6 heteroatoms. The largest absolute Gasteiger partial charge is 0.256 e. The highest BCUT2D eigenvalue weighted by Crippen LogP contribution is 2.42. The van der Waals surface area contributed by atoms with E-state index in [1.807, 2.05) is 109 Å². The molecule has 0 N–H and O–H groups in total. The molecule has 0 aliphatic heterocycles. The maximum absolute atomic E-state index is 7.67. The lowest BCUT2D eigenvalue weighted by Crippen LogP contribution is -2.00. The van der Waals surface area contributed by atoms with Crippen molar-refractivity contribution in [3.8, 4) is 67.5 Å². The number of nitrogens with zero attached hydrogens (tertiary/aromatic N) is 6. The van der Waals surface area contributed by atoms with Gasteiger partial charge in [0.1, 0.15) is 0 Å². The first-order valence-corrected chi connectivity index (χ1v) is 19.8. The zero-order chi connectivity index (χ0) is 40.0. The fourth-order valence-electron chi connectivity index (χ4n) is 8.37. The van der Waals surface area contributed by atoms with Crippen molar-refractivity contribution in [1.82, 2.24) is 24.9 Å². The number of pyridine rings is 2. The topological polar surface area (TPSA) is 68.8 Å². The van der Waals surface area contributed by atoms with Crippen LogP contribution >= 0.6 is 0 Å². The summed E-state index contributed by atoms with van der Waals surface area (Å²) in [5.41, 5.74) is 11.6. The predicted molar refractivity (Wildman–Crippen MR) is 244 cm³/mol. The highest BCUT2D eigenvalue weighted by Gasteiger charge is 2.18. The third-order valence-corrected chi connectivity index (χ3v) is 11.2. The molecule has 11 rings (SSSR count). The van der Waals surface area contributed by atoms with E-state index in [2.05, 4.69) is 89.8 Å². The van der Waals surface area contributed by atoms with Gasteiger partial charge in [-0.05, 0) is 74.1 Å². The van der Waals surface area contributed by atoms with Gasteiger partial charge in [-0.25, -0.2) is 19.8 Å². The fourth-order valence-corrected chi connectivity index (χ4v) is 8.37. The Balaban J connectivity index is 1.05. The number of benzene rings is 8. The van der Waals surface area contributed by atoms with Crippen LogP contribution in [0.4, 0.5) is 5.69 Å². The van der Waals surface area contributed by atoms with Gasteiger partial charge in [0, 0.05) is 51.0 Å². The molecule has 0 saturated carbocycles. The lowest BCUT2D eigenvalue weighted by molar-refractivity contribution is 1.07. The third kappa shape index (κ3) is 6.01. The molecule has 3 heterocycles. The molecule has 8 aromatic carbocycles. The highest BCUT2D eigenvalue weighted by molar-refractivity contribution is 6.22. The van der Waals surface area contributed by atoms with Crippen molar-refractivity contribution in [3.05, 3.63) is 206 Å². The Morgan fingerprint density at radius 2 is 0.783 bits per heavy atom. The Kier molecular flexibility index (Phi) is 8.42. The van der Waals surface area contributed by atoms with Gasteiger partial charge in [-0.2, -0.15) is 0 Å². The van der Waals surface area contributed by atoms with Crippen molar-refractivity contribution in [1.29, 1.82) is 0 Å². The van der Waals surface area contributed by atoms with Crippen molar-refractivity contribution in [2.75, 3.05) is 0 Å². The maximum atomic E-state index is 7.67. The Hall–Kier alpha value is -8.40. The van der Waals surface area contributed by atoms with E-state index in [1.165, 1.54) is 0 Å². The summed E-state index contributed by atoms with van der Waals surface area (Å²) in [6, 6.07) is 62.1. The third-order valence-electron chi connectivity index (χ3n) is 11.2. The van der Waals surface area contributed by atoms with E-state index in [4.69, 9.17) is 31.5 Å². The van der Waals surface area contributed by atoms with Crippen LogP contribution in [0.3, 0.4) is 0 Å². The van der Waals surface area contributed by atoms with Crippen molar-refractivity contribution in [3.63, 3.8) is 0 Å². The monoisotopic (exact) mass is 764 g/mol. The van der Waals surface area contributed by atoms with Gasteiger partial charge in [0.25, 0.3) is 0 Å². The van der Waals surface area contributed by atoms with E-state index >= 15 is 0 Å². The number of rotatable bonds is 6. The SMILES string of the molecule is [C-]#[N+]c1ccc(-c2ccc(-c3cc4c5cccnc5c(-c5cccc(-c6nc(-c7ccccc7)nc(-c7ccccc7)n6)c5)cc4c4cccnc34)cc2)c2ccccc12. The second kappa shape index (κ2) is 14.5. The zero-order valence-corrected chi connectivity index (χ0v) is 32.2. The second-order valence-electron chi connectivity index (χ2n) is 14.7. The predicted octanol–water partition coefficient (Wildman–Crippen LogP) is 13.8. The van der Waals surface area contributed by atoms with E-state index in [9.17, 15) is 0 Å². The standard InChI is InChI=1S/C54H32N6/c1-55-49-28-27-40(41-19-8-9-20-42(41)49)34-23-25-35(26-24-34)45-32-47-44-22-12-30-57-51(44)46(33-48(47)43-21-11-29-56-50(43)45)38-17-10-18-39(31-38)54-59-52(36-13-4-2-5-14-36)58-53(60-54)37-15-6-3-7-16-37/h2-33H. The van der Waals surface area contributed by atoms with Crippen LogP contribution in [0.15, 0.2) is 194 Å². The first-order valence-electron chi connectivity index (χ1n) is 19.8. The Bertz CT molecular complexity index is 3430. The Morgan fingerprint density at radius 3 is 1.37 bits per heavy atom. The summed E-state index contributed by atoms with van der Waals surface area (Å²) >= 11 is 0. The molecular formula is C54H32N6. The number of aromatic nitrogens is 5. The Labute approximate surface area is 346 Å². The molecule has 0 aliphatic carbocycles. The highest BCUT2D eigenvalue weighted by atomic mass is 15.0. The molecule has 0 radical (unpaired) electrons. The van der Waals surface area contributed by atoms with Gasteiger partial charge in [0.15, 0.2) is 23.2 Å². The summed E-state index contributed by atoms with van der Waals surface area (Å²) in [6.45, 7) is 7.67. The second-order valence-corrected chi connectivity index (χ2v) is 14.7. The smallest absolute Gasteiger partial charge is 0.194 e. The molecule has 0 spiro atoms. The summed E-state index contributed by atoms with van der Waals surface area (Å²) in [5, 5.41) is 6.36. The Morgan fingerprint density at radius 1 is 0.317 bits per heavy atom. The molecule has 0 bridgehead atoms. The summed E-state index contributed by atoms with van der Waals surface area (Å²) in [5.74, 6) is 1.84.